The number of halogens is 1. The summed E-state index contributed by atoms with van der Waals surface area (Å²) in [7, 11) is 0. The number of aryl methyl sites for hydroxylation is 1. The van der Waals surface area contributed by atoms with Crippen LogP contribution in [0, 0.1) is 6.92 Å². The van der Waals surface area contributed by atoms with Gasteiger partial charge in [-0.25, -0.2) is 10.1 Å². The zero-order valence-corrected chi connectivity index (χ0v) is 18.3. The lowest BCUT2D eigenvalue weighted by atomic mass is 10.2. The Bertz CT molecular complexity index is 1270. The number of hydrazone groups is 1. The predicted molar refractivity (Wildman–Crippen MR) is 121 cm³/mol. The number of aromatic nitrogens is 5. The van der Waals surface area contributed by atoms with Gasteiger partial charge in [0.25, 0.3) is 5.91 Å². The van der Waals surface area contributed by atoms with Crippen LogP contribution in [0.4, 0.5) is 5.82 Å². The van der Waals surface area contributed by atoms with Gasteiger partial charge in [-0.15, -0.1) is 16.9 Å². The van der Waals surface area contributed by atoms with Gasteiger partial charge < -0.3 is 5.73 Å². The van der Waals surface area contributed by atoms with Gasteiger partial charge in [-0.1, -0.05) is 52.7 Å². The van der Waals surface area contributed by atoms with Crippen molar-refractivity contribution in [2.45, 2.75) is 17.6 Å². The first-order valence-corrected chi connectivity index (χ1v) is 10.7. The standard InChI is InChI=1S/C20H17ClN8O2S/c1-12-6-8-14(9-7-12)32-11-16-17(24-28-29(16)19-18(22)26-31-27-19)20(30)25-23-10-13-4-2-3-5-15(13)21/h2-10H,11H2,1H3,(H2,22,26)(H,25,30)/b23-10-. The van der Waals surface area contributed by atoms with E-state index in [2.05, 4.69) is 35.8 Å². The summed E-state index contributed by atoms with van der Waals surface area (Å²) < 4.78 is 6.00. The summed E-state index contributed by atoms with van der Waals surface area (Å²) in [5, 5.41) is 19.8. The average Bonchev–Trinajstić information content (AvgIpc) is 3.40. The number of thioether (sulfide) groups is 1. The van der Waals surface area contributed by atoms with Crippen LogP contribution < -0.4 is 11.2 Å². The van der Waals surface area contributed by atoms with Gasteiger partial charge >= 0.3 is 0 Å². The number of nitrogen functional groups attached to an aromatic ring is 1. The molecule has 32 heavy (non-hydrogen) atoms. The molecule has 2 aromatic heterocycles. The Kier molecular flexibility index (Phi) is 6.47. The van der Waals surface area contributed by atoms with Crippen molar-refractivity contribution in [1.29, 1.82) is 0 Å². The molecule has 2 heterocycles. The first kappa shape index (κ1) is 21.5. The highest BCUT2D eigenvalue weighted by Crippen LogP contribution is 2.26. The highest BCUT2D eigenvalue weighted by Gasteiger charge is 2.24. The zero-order chi connectivity index (χ0) is 22.5. The molecule has 0 saturated carbocycles. The number of hydrogen-bond donors (Lipinski definition) is 2. The molecule has 4 aromatic rings. The summed E-state index contributed by atoms with van der Waals surface area (Å²) in [4.78, 5) is 13.8. The molecular formula is C20H17ClN8O2S. The molecule has 0 aliphatic rings. The van der Waals surface area contributed by atoms with Gasteiger partial charge in [0.1, 0.15) is 0 Å². The lowest BCUT2D eigenvalue weighted by Crippen LogP contribution is -2.20. The van der Waals surface area contributed by atoms with Crippen molar-refractivity contribution in [3.05, 3.63) is 76.1 Å². The number of nitrogens with two attached hydrogens (primary N) is 1. The molecule has 0 aliphatic heterocycles. The van der Waals surface area contributed by atoms with Crippen LogP contribution in [-0.2, 0) is 5.75 Å². The predicted octanol–water partition coefficient (Wildman–Crippen LogP) is 3.25. The van der Waals surface area contributed by atoms with E-state index in [9.17, 15) is 4.79 Å². The summed E-state index contributed by atoms with van der Waals surface area (Å²) >= 11 is 7.60. The lowest BCUT2D eigenvalue weighted by Gasteiger charge is -2.06. The molecule has 3 N–H and O–H groups in total. The molecule has 0 radical (unpaired) electrons. The summed E-state index contributed by atoms with van der Waals surface area (Å²) in [6.07, 6.45) is 1.45. The minimum Gasteiger partial charge on any atom is -0.378 e. The molecule has 10 nitrogen and oxygen atoms in total. The molecule has 0 aliphatic carbocycles. The van der Waals surface area contributed by atoms with Gasteiger partial charge in [-0.3, -0.25) is 4.79 Å². The molecule has 4 rings (SSSR count). The van der Waals surface area contributed by atoms with Crippen molar-refractivity contribution >= 4 is 41.3 Å². The monoisotopic (exact) mass is 468 g/mol. The molecule has 12 heteroatoms. The fourth-order valence-corrected chi connectivity index (χ4v) is 3.77. The van der Waals surface area contributed by atoms with Crippen molar-refractivity contribution in [2.75, 3.05) is 5.73 Å². The molecule has 0 unspecified atom stereocenters. The Morgan fingerprint density at radius 1 is 1.25 bits per heavy atom. The molecule has 162 valence electrons. The van der Waals surface area contributed by atoms with E-state index >= 15 is 0 Å². The summed E-state index contributed by atoms with van der Waals surface area (Å²) in [5.41, 5.74) is 10.6. The second kappa shape index (κ2) is 9.62. The zero-order valence-electron chi connectivity index (χ0n) is 16.8. The third-order valence-electron chi connectivity index (χ3n) is 4.35. The first-order valence-electron chi connectivity index (χ1n) is 9.33. The van der Waals surface area contributed by atoms with Crippen LogP contribution in [-0.4, -0.2) is 37.4 Å². The number of anilines is 1. The quantitative estimate of drug-likeness (QED) is 0.239. The van der Waals surface area contributed by atoms with Crippen LogP contribution in [0.3, 0.4) is 0 Å². The van der Waals surface area contributed by atoms with Crippen LogP contribution >= 0.6 is 23.4 Å². The molecule has 2 aromatic carbocycles. The Labute approximate surface area is 191 Å². The number of amides is 1. The van der Waals surface area contributed by atoms with Gasteiger partial charge in [0, 0.05) is 21.2 Å². The lowest BCUT2D eigenvalue weighted by molar-refractivity contribution is 0.0949. The smallest absolute Gasteiger partial charge is 0.293 e. The van der Waals surface area contributed by atoms with Crippen molar-refractivity contribution < 1.29 is 9.42 Å². The highest BCUT2D eigenvalue weighted by atomic mass is 35.5. The van der Waals surface area contributed by atoms with Crippen molar-refractivity contribution in [2.24, 2.45) is 5.10 Å². The SMILES string of the molecule is Cc1ccc(SCc2c(C(=O)N/N=C\c3ccccc3Cl)nnn2-c2nonc2N)cc1. The number of hydrogen-bond acceptors (Lipinski definition) is 9. The van der Waals surface area contributed by atoms with E-state index in [0.29, 0.717) is 22.0 Å². The largest absolute Gasteiger partial charge is 0.378 e. The minimum absolute atomic E-state index is 0.0279. The third kappa shape index (κ3) is 4.79. The van der Waals surface area contributed by atoms with E-state index in [1.165, 1.54) is 22.7 Å². The van der Waals surface area contributed by atoms with E-state index in [1.807, 2.05) is 37.3 Å². The Balaban J connectivity index is 1.58. The number of nitrogens with one attached hydrogen (secondary N) is 1. The minimum atomic E-state index is -0.547. The number of nitrogens with zero attached hydrogens (tertiary/aromatic N) is 6. The van der Waals surface area contributed by atoms with E-state index in [-0.39, 0.29) is 17.3 Å². The number of rotatable bonds is 7. The summed E-state index contributed by atoms with van der Waals surface area (Å²) in [6, 6.07) is 15.1. The normalized spacial score (nSPS) is 11.2. The Hall–Kier alpha value is -3.70. The third-order valence-corrected chi connectivity index (χ3v) is 5.71. The van der Waals surface area contributed by atoms with Crippen molar-refractivity contribution in [3.63, 3.8) is 0 Å². The highest BCUT2D eigenvalue weighted by molar-refractivity contribution is 7.98. The number of carbonyl (C=O) groups excluding carboxylic acids is 1. The summed E-state index contributed by atoms with van der Waals surface area (Å²) in [6.45, 7) is 2.01. The van der Waals surface area contributed by atoms with E-state index in [0.717, 1.165) is 10.5 Å². The molecular weight excluding hydrogens is 452 g/mol. The van der Waals surface area contributed by atoms with Gasteiger partial charge in [0.15, 0.2) is 5.69 Å². The molecule has 0 spiro atoms. The maximum Gasteiger partial charge on any atom is 0.293 e. The second-order valence-corrected chi connectivity index (χ2v) is 8.05. The Morgan fingerprint density at radius 2 is 2.03 bits per heavy atom. The van der Waals surface area contributed by atoms with E-state index in [4.69, 9.17) is 17.3 Å². The van der Waals surface area contributed by atoms with Crippen LogP contribution in [0.1, 0.15) is 27.3 Å². The van der Waals surface area contributed by atoms with Crippen LogP contribution in [0.2, 0.25) is 5.02 Å². The fourth-order valence-electron chi connectivity index (χ4n) is 2.69. The Morgan fingerprint density at radius 3 is 2.75 bits per heavy atom. The molecule has 0 atom stereocenters. The van der Waals surface area contributed by atoms with E-state index in [1.54, 1.807) is 18.2 Å². The molecule has 1 amide bonds. The van der Waals surface area contributed by atoms with Gasteiger partial charge in [-0.05, 0) is 35.4 Å². The molecule has 0 bridgehead atoms. The summed E-state index contributed by atoms with van der Waals surface area (Å²) in [5.74, 6) is -0.0100. The van der Waals surface area contributed by atoms with Crippen LogP contribution in [0.15, 0.2) is 63.2 Å². The van der Waals surface area contributed by atoms with Gasteiger partial charge in [0.2, 0.25) is 11.6 Å². The average molecular weight is 469 g/mol. The second-order valence-electron chi connectivity index (χ2n) is 6.59. The maximum absolute atomic E-state index is 12.8. The number of carbonyl (C=O) groups is 1. The fraction of sp³-hybridized carbons (Fsp3) is 0.100. The molecule has 0 fully saturated rings. The first-order chi connectivity index (χ1) is 15.5. The van der Waals surface area contributed by atoms with E-state index < -0.39 is 5.91 Å². The molecule has 0 saturated heterocycles. The topological polar surface area (TPSA) is 137 Å². The van der Waals surface area contributed by atoms with Gasteiger partial charge in [0.05, 0.1) is 11.9 Å². The van der Waals surface area contributed by atoms with Crippen LogP contribution in [0.5, 0.6) is 0 Å². The number of benzene rings is 2. The van der Waals surface area contributed by atoms with Gasteiger partial charge in [-0.2, -0.15) is 9.78 Å². The van der Waals surface area contributed by atoms with Crippen LogP contribution in [0.25, 0.3) is 5.82 Å². The van der Waals surface area contributed by atoms with Crippen molar-refractivity contribution in [3.8, 4) is 5.82 Å². The maximum atomic E-state index is 12.8. The van der Waals surface area contributed by atoms with Crippen molar-refractivity contribution in [1.82, 2.24) is 30.7 Å².